The smallest absolute Gasteiger partial charge is 0.251 e. The van der Waals surface area contributed by atoms with Gasteiger partial charge in [-0.25, -0.2) is 8.42 Å². The molecule has 0 aliphatic heterocycles. The van der Waals surface area contributed by atoms with Crippen molar-refractivity contribution in [3.8, 4) is 5.75 Å². The van der Waals surface area contributed by atoms with Gasteiger partial charge in [0.25, 0.3) is 5.91 Å². The van der Waals surface area contributed by atoms with Crippen molar-refractivity contribution in [3.63, 3.8) is 0 Å². The van der Waals surface area contributed by atoms with Crippen molar-refractivity contribution in [2.24, 2.45) is 0 Å². The van der Waals surface area contributed by atoms with Gasteiger partial charge in [0.1, 0.15) is 5.75 Å². The minimum absolute atomic E-state index is 0.0728. The standard InChI is InChI=1S/C22H30N2O4S/c1-5-10-17(3)23-22(25)18-13-14-21(28-6-2)19(15-18)16-24(4)29(26,27)20-11-8-7-9-12-20/h7-9,11-15,17H,5-6,10,16H2,1-4H3,(H,23,25)/t17-/m1/s1. The molecule has 0 saturated heterocycles. The van der Waals surface area contributed by atoms with E-state index in [1.165, 1.54) is 11.4 Å². The zero-order valence-corrected chi connectivity index (χ0v) is 18.3. The van der Waals surface area contributed by atoms with E-state index in [-0.39, 0.29) is 23.4 Å². The highest BCUT2D eigenvalue weighted by Gasteiger charge is 2.22. The van der Waals surface area contributed by atoms with Crippen LogP contribution in [0, 0.1) is 0 Å². The number of hydrogen-bond donors (Lipinski definition) is 1. The number of carbonyl (C=O) groups excluding carboxylic acids is 1. The molecule has 0 aliphatic rings. The van der Waals surface area contributed by atoms with Crippen LogP contribution >= 0.6 is 0 Å². The van der Waals surface area contributed by atoms with Crippen LogP contribution in [-0.2, 0) is 16.6 Å². The Labute approximate surface area is 173 Å². The summed E-state index contributed by atoms with van der Waals surface area (Å²) in [7, 11) is -2.13. The van der Waals surface area contributed by atoms with E-state index in [1.54, 1.807) is 48.5 Å². The number of ether oxygens (including phenoxy) is 1. The third-order valence-corrected chi connectivity index (χ3v) is 6.38. The Bertz CT molecular complexity index is 914. The minimum atomic E-state index is -3.65. The number of carbonyl (C=O) groups is 1. The number of hydrogen-bond acceptors (Lipinski definition) is 4. The highest BCUT2D eigenvalue weighted by Crippen LogP contribution is 2.24. The van der Waals surface area contributed by atoms with Gasteiger partial charge in [0.05, 0.1) is 11.5 Å². The van der Waals surface area contributed by atoms with Crippen molar-refractivity contribution in [2.75, 3.05) is 13.7 Å². The van der Waals surface area contributed by atoms with E-state index in [0.717, 1.165) is 12.8 Å². The van der Waals surface area contributed by atoms with Crippen LogP contribution in [0.2, 0.25) is 0 Å². The van der Waals surface area contributed by atoms with Gasteiger partial charge in [0, 0.05) is 30.8 Å². The summed E-state index contributed by atoms with van der Waals surface area (Å²) in [5, 5.41) is 2.97. The summed E-state index contributed by atoms with van der Waals surface area (Å²) in [5.41, 5.74) is 1.13. The van der Waals surface area contributed by atoms with E-state index in [4.69, 9.17) is 4.74 Å². The van der Waals surface area contributed by atoms with Crippen LogP contribution in [0.25, 0.3) is 0 Å². The molecule has 158 valence electrons. The van der Waals surface area contributed by atoms with Crippen LogP contribution in [0.1, 0.15) is 49.5 Å². The number of amides is 1. The number of nitrogens with one attached hydrogen (secondary N) is 1. The Morgan fingerprint density at radius 2 is 1.83 bits per heavy atom. The topological polar surface area (TPSA) is 75.7 Å². The van der Waals surface area contributed by atoms with E-state index in [0.29, 0.717) is 23.5 Å². The third-order valence-electron chi connectivity index (χ3n) is 4.57. The number of nitrogens with zero attached hydrogens (tertiary/aromatic N) is 1. The third kappa shape index (κ3) is 6.05. The van der Waals surface area contributed by atoms with Crippen LogP contribution in [0.5, 0.6) is 5.75 Å². The van der Waals surface area contributed by atoms with Gasteiger partial charge in [0.15, 0.2) is 0 Å². The van der Waals surface area contributed by atoms with E-state index in [1.807, 2.05) is 13.8 Å². The quantitative estimate of drug-likeness (QED) is 0.636. The summed E-state index contributed by atoms with van der Waals surface area (Å²) in [6.07, 6.45) is 1.88. The monoisotopic (exact) mass is 418 g/mol. The largest absolute Gasteiger partial charge is 0.494 e. The van der Waals surface area contributed by atoms with E-state index in [9.17, 15) is 13.2 Å². The first kappa shape index (κ1) is 22.9. The maximum atomic E-state index is 12.8. The molecule has 2 aromatic rings. The maximum Gasteiger partial charge on any atom is 0.251 e. The molecule has 0 aromatic heterocycles. The predicted molar refractivity (Wildman–Crippen MR) is 115 cm³/mol. The van der Waals surface area contributed by atoms with Crippen molar-refractivity contribution in [1.82, 2.24) is 9.62 Å². The fourth-order valence-electron chi connectivity index (χ4n) is 3.05. The molecule has 7 heteroatoms. The number of rotatable bonds is 10. The molecule has 2 rings (SSSR count). The fraction of sp³-hybridized carbons (Fsp3) is 0.409. The minimum Gasteiger partial charge on any atom is -0.494 e. The van der Waals surface area contributed by atoms with Gasteiger partial charge in [-0.05, 0) is 50.6 Å². The SMILES string of the molecule is CCC[C@@H](C)NC(=O)c1ccc(OCC)c(CN(C)S(=O)(=O)c2ccccc2)c1. The van der Waals surface area contributed by atoms with E-state index >= 15 is 0 Å². The normalized spacial score (nSPS) is 12.6. The maximum absolute atomic E-state index is 12.8. The van der Waals surface area contributed by atoms with Crippen LogP contribution in [-0.4, -0.2) is 38.3 Å². The van der Waals surface area contributed by atoms with Gasteiger partial charge in [-0.15, -0.1) is 0 Å². The van der Waals surface area contributed by atoms with Gasteiger partial charge < -0.3 is 10.1 Å². The molecule has 0 unspecified atom stereocenters. The summed E-state index contributed by atoms with van der Waals surface area (Å²) in [4.78, 5) is 12.8. The predicted octanol–water partition coefficient (Wildman–Crippen LogP) is 3.82. The molecule has 0 bridgehead atoms. The van der Waals surface area contributed by atoms with Crippen molar-refractivity contribution in [2.45, 2.75) is 51.1 Å². The number of benzene rings is 2. The second kappa shape index (κ2) is 10.4. The highest BCUT2D eigenvalue weighted by molar-refractivity contribution is 7.89. The lowest BCUT2D eigenvalue weighted by Crippen LogP contribution is -2.32. The average molecular weight is 419 g/mol. The van der Waals surface area contributed by atoms with Gasteiger partial charge in [-0.2, -0.15) is 4.31 Å². The lowest BCUT2D eigenvalue weighted by atomic mass is 10.1. The molecule has 6 nitrogen and oxygen atoms in total. The molecular formula is C22H30N2O4S. The molecule has 1 amide bonds. The molecule has 0 heterocycles. The van der Waals surface area contributed by atoms with Crippen LogP contribution < -0.4 is 10.1 Å². The first-order chi connectivity index (χ1) is 13.8. The zero-order valence-electron chi connectivity index (χ0n) is 17.5. The van der Waals surface area contributed by atoms with Crippen molar-refractivity contribution < 1.29 is 17.9 Å². The van der Waals surface area contributed by atoms with Gasteiger partial charge in [-0.3, -0.25) is 4.79 Å². The average Bonchev–Trinajstić information content (AvgIpc) is 2.70. The summed E-state index contributed by atoms with van der Waals surface area (Å²) in [6.45, 7) is 6.44. The van der Waals surface area contributed by atoms with Crippen molar-refractivity contribution >= 4 is 15.9 Å². The van der Waals surface area contributed by atoms with Gasteiger partial charge in [-0.1, -0.05) is 31.5 Å². The Hall–Kier alpha value is -2.38. The molecule has 0 spiro atoms. The van der Waals surface area contributed by atoms with Crippen LogP contribution in [0.3, 0.4) is 0 Å². The summed E-state index contributed by atoms with van der Waals surface area (Å²) >= 11 is 0. The van der Waals surface area contributed by atoms with Gasteiger partial charge in [0.2, 0.25) is 10.0 Å². The molecule has 29 heavy (non-hydrogen) atoms. The first-order valence-corrected chi connectivity index (χ1v) is 11.3. The second-order valence-corrected chi connectivity index (χ2v) is 9.04. The summed E-state index contributed by atoms with van der Waals surface area (Å²) < 4.78 is 32.6. The molecule has 1 atom stereocenters. The van der Waals surface area contributed by atoms with E-state index < -0.39 is 10.0 Å². The molecule has 0 aliphatic carbocycles. The molecule has 1 N–H and O–H groups in total. The van der Waals surface area contributed by atoms with Crippen LogP contribution in [0.15, 0.2) is 53.4 Å². The molecule has 0 radical (unpaired) electrons. The molecule has 2 aromatic carbocycles. The van der Waals surface area contributed by atoms with Gasteiger partial charge >= 0.3 is 0 Å². The summed E-state index contributed by atoms with van der Waals surface area (Å²) in [6, 6.07) is 13.5. The summed E-state index contributed by atoms with van der Waals surface area (Å²) in [5.74, 6) is 0.393. The lowest BCUT2D eigenvalue weighted by molar-refractivity contribution is 0.0938. The zero-order chi connectivity index (χ0) is 21.4. The Kier molecular flexibility index (Phi) is 8.22. The van der Waals surface area contributed by atoms with Crippen LogP contribution in [0.4, 0.5) is 0 Å². The Balaban J connectivity index is 2.28. The van der Waals surface area contributed by atoms with E-state index in [2.05, 4.69) is 12.2 Å². The molecular weight excluding hydrogens is 388 g/mol. The lowest BCUT2D eigenvalue weighted by Gasteiger charge is -2.20. The van der Waals surface area contributed by atoms with Crippen molar-refractivity contribution in [3.05, 3.63) is 59.7 Å². The van der Waals surface area contributed by atoms with Crippen molar-refractivity contribution in [1.29, 1.82) is 0 Å². The highest BCUT2D eigenvalue weighted by atomic mass is 32.2. The fourth-order valence-corrected chi connectivity index (χ4v) is 4.22. The second-order valence-electron chi connectivity index (χ2n) is 6.99. The number of sulfonamides is 1. The Morgan fingerprint density at radius 1 is 1.14 bits per heavy atom. The molecule has 0 saturated carbocycles. The molecule has 0 fully saturated rings. The Morgan fingerprint density at radius 3 is 2.45 bits per heavy atom. The first-order valence-electron chi connectivity index (χ1n) is 9.87.